The maximum absolute atomic E-state index is 11.9. The SMILES string of the molecule is CC1CCC(NC(=O)CC2CCCCN2)CC1. The number of nitrogens with one attached hydrogen (secondary N) is 2. The van der Waals surface area contributed by atoms with E-state index >= 15 is 0 Å². The van der Waals surface area contributed by atoms with Gasteiger partial charge >= 0.3 is 0 Å². The third kappa shape index (κ3) is 4.30. The molecule has 1 unspecified atom stereocenters. The fourth-order valence-electron chi connectivity index (χ4n) is 3.01. The monoisotopic (exact) mass is 238 g/mol. The maximum atomic E-state index is 11.9. The van der Waals surface area contributed by atoms with Crippen LogP contribution in [0, 0.1) is 5.92 Å². The van der Waals surface area contributed by atoms with Crippen molar-refractivity contribution in [3.05, 3.63) is 0 Å². The van der Waals surface area contributed by atoms with Crippen LogP contribution in [0.4, 0.5) is 0 Å². The molecule has 2 aliphatic rings. The number of amides is 1. The molecule has 0 aromatic heterocycles. The Hall–Kier alpha value is -0.570. The Labute approximate surface area is 105 Å². The molecule has 1 heterocycles. The van der Waals surface area contributed by atoms with Crippen molar-refractivity contribution in [1.29, 1.82) is 0 Å². The van der Waals surface area contributed by atoms with E-state index in [1.807, 2.05) is 0 Å². The molecule has 3 nitrogen and oxygen atoms in total. The fourth-order valence-corrected chi connectivity index (χ4v) is 3.01. The van der Waals surface area contributed by atoms with Crippen molar-refractivity contribution < 1.29 is 4.79 Å². The molecule has 2 fully saturated rings. The minimum Gasteiger partial charge on any atom is -0.353 e. The summed E-state index contributed by atoms with van der Waals surface area (Å²) in [5.74, 6) is 1.10. The summed E-state index contributed by atoms with van der Waals surface area (Å²) in [6.07, 6.45) is 9.25. The number of rotatable bonds is 3. The van der Waals surface area contributed by atoms with Crippen LogP contribution in [0.25, 0.3) is 0 Å². The second-order valence-corrected chi connectivity index (χ2v) is 5.88. The molecule has 1 aliphatic carbocycles. The Balaban J connectivity index is 1.66. The summed E-state index contributed by atoms with van der Waals surface area (Å²) in [5.41, 5.74) is 0. The van der Waals surface area contributed by atoms with Gasteiger partial charge in [-0.3, -0.25) is 4.79 Å². The van der Waals surface area contributed by atoms with Gasteiger partial charge in [-0.25, -0.2) is 0 Å². The molecule has 0 aromatic rings. The van der Waals surface area contributed by atoms with Crippen molar-refractivity contribution in [3.8, 4) is 0 Å². The zero-order valence-electron chi connectivity index (χ0n) is 11.0. The number of hydrogen-bond donors (Lipinski definition) is 2. The first-order valence-corrected chi connectivity index (χ1v) is 7.27. The molecule has 1 amide bonds. The molecule has 1 atom stereocenters. The highest BCUT2D eigenvalue weighted by atomic mass is 16.1. The van der Waals surface area contributed by atoms with Gasteiger partial charge in [0.05, 0.1) is 0 Å². The Bertz CT molecular complexity index is 241. The third-order valence-electron chi connectivity index (χ3n) is 4.23. The van der Waals surface area contributed by atoms with Crippen molar-refractivity contribution in [2.75, 3.05) is 6.54 Å². The Morgan fingerprint density at radius 3 is 2.59 bits per heavy atom. The zero-order chi connectivity index (χ0) is 12.1. The smallest absolute Gasteiger partial charge is 0.221 e. The molecule has 0 spiro atoms. The predicted octanol–water partition coefficient (Wildman–Crippen LogP) is 2.21. The van der Waals surface area contributed by atoms with Crippen LogP contribution >= 0.6 is 0 Å². The summed E-state index contributed by atoms with van der Waals surface area (Å²) >= 11 is 0. The maximum Gasteiger partial charge on any atom is 0.221 e. The molecule has 1 saturated heterocycles. The molecular formula is C14H26N2O. The topological polar surface area (TPSA) is 41.1 Å². The van der Waals surface area contributed by atoms with E-state index in [4.69, 9.17) is 0 Å². The van der Waals surface area contributed by atoms with Gasteiger partial charge in [0, 0.05) is 18.5 Å². The first-order chi connectivity index (χ1) is 8.24. The lowest BCUT2D eigenvalue weighted by molar-refractivity contribution is -0.122. The standard InChI is InChI=1S/C14H26N2O/c1-11-5-7-12(8-6-11)16-14(17)10-13-4-2-3-9-15-13/h11-13,15H,2-10H2,1H3,(H,16,17). The molecule has 0 bridgehead atoms. The van der Waals surface area contributed by atoms with E-state index in [1.165, 1.54) is 38.5 Å². The van der Waals surface area contributed by atoms with E-state index in [0.717, 1.165) is 18.9 Å². The quantitative estimate of drug-likeness (QED) is 0.791. The van der Waals surface area contributed by atoms with Crippen molar-refractivity contribution in [2.45, 2.75) is 70.4 Å². The highest BCUT2D eigenvalue weighted by molar-refractivity contribution is 5.76. The van der Waals surface area contributed by atoms with Gasteiger partial charge in [0.2, 0.25) is 5.91 Å². The van der Waals surface area contributed by atoms with Crippen molar-refractivity contribution >= 4 is 5.91 Å². The van der Waals surface area contributed by atoms with E-state index in [2.05, 4.69) is 17.6 Å². The number of piperidine rings is 1. The van der Waals surface area contributed by atoms with Crippen LogP contribution in [0.15, 0.2) is 0 Å². The molecule has 98 valence electrons. The van der Waals surface area contributed by atoms with Gasteiger partial charge in [-0.15, -0.1) is 0 Å². The van der Waals surface area contributed by atoms with Crippen LogP contribution in [0.1, 0.15) is 58.3 Å². The van der Waals surface area contributed by atoms with Crippen LogP contribution in [0.2, 0.25) is 0 Å². The van der Waals surface area contributed by atoms with Gasteiger partial charge in [-0.1, -0.05) is 13.3 Å². The molecule has 3 heteroatoms. The summed E-state index contributed by atoms with van der Waals surface area (Å²) in [5, 5.41) is 6.64. The van der Waals surface area contributed by atoms with E-state index in [1.54, 1.807) is 0 Å². The predicted molar refractivity (Wildman–Crippen MR) is 69.8 cm³/mol. The van der Waals surface area contributed by atoms with E-state index < -0.39 is 0 Å². The molecule has 2 rings (SSSR count). The average Bonchev–Trinajstić information content (AvgIpc) is 2.33. The molecule has 2 N–H and O–H groups in total. The molecule has 1 aliphatic heterocycles. The summed E-state index contributed by atoms with van der Waals surface area (Å²) in [7, 11) is 0. The van der Waals surface area contributed by atoms with E-state index in [-0.39, 0.29) is 5.91 Å². The molecular weight excluding hydrogens is 212 g/mol. The van der Waals surface area contributed by atoms with Gasteiger partial charge < -0.3 is 10.6 Å². The second-order valence-electron chi connectivity index (χ2n) is 5.88. The lowest BCUT2D eigenvalue weighted by Gasteiger charge is -2.28. The van der Waals surface area contributed by atoms with Gasteiger partial charge in [-0.05, 0) is 51.0 Å². The summed E-state index contributed by atoms with van der Waals surface area (Å²) in [6, 6.07) is 0.869. The molecule has 0 aromatic carbocycles. The van der Waals surface area contributed by atoms with Crippen molar-refractivity contribution in [1.82, 2.24) is 10.6 Å². The van der Waals surface area contributed by atoms with E-state index in [9.17, 15) is 4.79 Å². The van der Waals surface area contributed by atoms with Gasteiger partial charge in [0.1, 0.15) is 0 Å². The lowest BCUT2D eigenvalue weighted by Crippen LogP contribution is -2.42. The fraction of sp³-hybridized carbons (Fsp3) is 0.929. The van der Waals surface area contributed by atoms with Crippen LogP contribution in [0.3, 0.4) is 0 Å². The Morgan fingerprint density at radius 1 is 1.18 bits per heavy atom. The lowest BCUT2D eigenvalue weighted by atomic mass is 9.87. The van der Waals surface area contributed by atoms with Crippen molar-refractivity contribution in [2.24, 2.45) is 5.92 Å². The second kappa shape index (κ2) is 6.39. The highest BCUT2D eigenvalue weighted by Crippen LogP contribution is 2.23. The normalized spacial score (nSPS) is 34.3. The van der Waals surface area contributed by atoms with Crippen LogP contribution in [0.5, 0.6) is 0 Å². The summed E-state index contributed by atoms with van der Waals surface area (Å²) < 4.78 is 0. The number of carbonyl (C=O) groups excluding carboxylic acids is 1. The summed E-state index contributed by atoms with van der Waals surface area (Å²) in [4.78, 5) is 11.9. The van der Waals surface area contributed by atoms with Crippen molar-refractivity contribution in [3.63, 3.8) is 0 Å². The first-order valence-electron chi connectivity index (χ1n) is 7.27. The minimum atomic E-state index is 0.254. The van der Waals surface area contributed by atoms with Gasteiger partial charge in [0.15, 0.2) is 0 Å². The Kier molecular flexibility index (Phi) is 4.84. The molecule has 17 heavy (non-hydrogen) atoms. The third-order valence-corrected chi connectivity index (χ3v) is 4.23. The first kappa shape index (κ1) is 12.9. The number of hydrogen-bond acceptors (Lipinski definition) is 2. The number of carbonyl (C=O) groups is 1. The largest absolute Gasteiger partial charge is 0.353 e. The Morgan fingerprint density at radius 2 is 1.94 bits per heavy atom. The highest BCUT2D eigenvalue weighted by Gasteiger charge is 2.21. The molecule has 0 radical (unpaired) electrons. The average molecular weight is 238 g/mol. The van der Waals surface area contributed by atoms with E-state index in [0.29, 0.717) is 18.5 Å². The van der Waals surface area contributed by atoms with Gasteiger partial charge in [-0.2, -0.15) is 0 Å². The zero-order valence-corrected chi connectivity index (χ0v) is 11.0. The van der Waals surface area contributed by atoms with Crippen LogP contribution in [-0.2, 0) is 4.79 Å². The molecule has 1 saturated carbocycles. The van der Waals surface area contributed by atoms with Crippen LogP contribution in [-0.4, -0.2) is 24.5 Å². The minimum absolute atomic E-state index is 0.254. The van der Waals surface area contributed by atoms with Gasteiger partial charge in [0.25, 0.3) is 0 Å². The summed E-state index contributed by atoms with van der Waals surface area (Å²) in [6.45, 7) is 3.39. The van der Waals surface area contributed by atoms with Crippen LogP contribution < -0.4 is 10.6 Å².